The zero-order chi connectivity index (χ0) is 14.3. The van der Waals surface area contributed by atoms with Crippen molar-refractivity contribution in [2.45, 2.75) is 19.6 Å². The molecular formula is C13H14N2O5. The number of hydrogen-bond donors (Lipinski definition) is 3. The number of rotatable bonds is 3. The average Bonchev–Trinajstić information content (AvgIpc) is 2.87. The van der Waals surface area contributed by atoms with Crippen molar-refractivity contribution in [3.8, 4) is 5.75 Å². The van der Waals surface area contributed by atoms with E-state index in [4.69, 9.17) is 14.9 Å². The van der Waals surface area contributed by atoms with Gasteiger partial charge in [0.15, 0.2) is 5.75 Å². The highest BCUT2D eigenvalue weighted by atomic mass is 17.2. The molecule has 3 N–H and O–H groups in total. The normalized spacial score (nSPS) is 23.6. The fourth-order valence-corrected chi connectivity index (χ4v) is 2.48. The molecule has 0 amide bonds. The van der Waals surface area contributed by atoms with Crippen LogP contribution in [0, 0.1) is 5.21 Å². The van der Waals surface area contributed by atoms with Gasteiger partial charge in [-0.05, 0) is 12.6 Å². The number of carboxylic acid groups (broad SMARTS) is 1. The standard InChI is InChI=1S/C13H14N2O5/c1-2-14-9-4-11(13(16)17)15(18)10-5-12-7(3-8(9)10)6-19-20-12/h3-5,9,14-15H,2,6H2,1H3,(H,16,17). The van der Waals surface area contributed by atoms with Gasteiger partial charge in [0.1, 0.15) is 12.3 Å². The van der Waals surface area contributed by atoms with E-state index in [2.05, 4.69) is 5.32 Å². The Bertz CT molecular complexity index is 599. The molecule has 2 unspecified atom stereocenters. The summed E-state index contributed by atoms with van der Waals surface area (Å²) in [5.41, 5.74) is 1.74. The van der Waals surface area contributed by atoms with Crippen LogP contribution in [0.3, 0.4) is 0 Å². The van der Waals surface area contributed by atoms with E-state index in [1.165, 1.54) is 6.08 Å². The lowest BCUT2D eigenvalue weighted by molar-refractivity contribution is -0.728. The van der Waals surface area contributed by atoms with E-state index in [0.29, 0.717) is 24.6 Å². The molecule has 0 bridgehead atoms. The summed E-state index contributed by atoms with van der Waals surface area (Å²) in [4.78, 5) is 21.0. The molecule has 1 aromatic carbocycles. The van der Waals surface area contributed by atoms with E-state index in [0.717, 1.165) is 11.1 Å². The smallest absolute Gasteiger partial charge is 0.390 e. The summed E-state index contributed by atoms with van der Waals surface area (Å²) < 4.78 is 0. The van der Waals surface area contributed by atoms with Crippen LogP contribution in [-0.2, 0) is 16.3 Å². The Balaban J connectivity index is 2.11. The van der Waals surface area contributed by atoms with Gasteiger partial charge in [0.05, 0.1) is 6.04 Å². The van der Waals surface area contributed by atoms with Gasteiger partial charge in [-0.25, -0.2) is 4.79 Å². The van der Waals surface area contributed by atoms with Crippen LogP contribution < -0.4 is 15.3 Å². The molecule has 0 saturated carbocycles. The minimum absolute atomic E-state index is 0.220. The number of nitrogens with one attached hydrogen (secondary N) is 2. The van der Waals surface area contributed by atoms with Gasteiger partial charge in [0, 0.05) is 23.3 Å². The summed E-state index contributed by atoms with van der Waals surface area (Å²) in [5, 5.41) is 24.0. The number of aliphatic carboxylic acids is 1. The topological polar surface area (TPSA) is 95.3 Å². The first-order chi connectivity index (χ1) is 9.61. The van der Waals surface area contributed by atoms with E-state index in [1.54, 1.807) is 6.07 Å². The Kier molecular flexibility index (Phi) is 3.19. The highest BCUT2D eigenvalue weighted by molar-refractivity contribution is 5.85. The van der Waals surface area contributed by atoms with Crippen molar-refractivity contribution >= 4 is 11.7 Å². The molecule has 0 spiro atoms. The number of hydrogen-bond acceptors (Lipinski definition) is 5. The second-order valence-corrected chi connectivity index (χ2v) is 4.64. The Morgan fingerprint density at radius 2 is 2.40 bits per heavy atom. The quantitative estimate of drug-likeness (QED) is 0.538. The Morgan fingerprint density at radius 1 is 1.60 bits per heavy atom. The molecule has 0 radical (unpaired) electrons. The number of likely N-dealkylation sites (N-methyl/N-ethyl adjacent to an activating group) is 1. The number of carbonyl (C=O) groups is 1. The number of quaternary nitrogens is 1. The molecule has 20 heavy (non-hydrogen) atoms. The molecule has 0 fully saturated rings. The van der Waals surface area contributed by atoms with Gasteiger partial charge in [-0.15, -0.1) is 0 Å². The lowest BCUT2D eigenvalue weighted by Crippen LogP contribution is -3.02. The zero-order valence-electron chi connectivity index (χ0n) is 10.8. The molecule has 106 valence electrons. The fraction of sp³-hybridized carbons (Fsp3) is 0.308. The molecule has 7 heteroatoms. The largest absolute Gasteiger partial charge is 0.623 e. The summed E-state index contributed by atoms with van der Waals surface area (Å²) in [5.74, 6) is -0.750. The van der Waals surface area contributed by atoms with Crippen molar-refractivity contribution < 1.29 is 24.7 Å². The zero-order valence-corrected chi connectivity index (χ0v) is 10.8. The summed E-state index contributed by atoms with van der Waals surface area (Å²) in [6.07, 6.45) is 1.46. The maximum atomic E-state index is 12.2. The van der Waals surface area contributed by atoms with Gasteiger partial charge in [-0.3, -0.25) is 0 Å². The highest BCUT2D eigenvalue weighted by Crippen LogP contribution is 2.35. The van der Waals surface area contributed by atoms with Crippen molar-refractivity contribution in [1.29, 1.82) is 0 Å². The third kappa shape index (κ3) is 1.97. The van der Waals surface area contributed by atoms with Gasteiger partial charge in [-0.2, -0.15) is 4.89 Å². The van der Waals surface area contributed by atoms with Crippen LogP contribution in [0.5, 0.6) is 5.75 Å². The molecule has 0 aromatic heterocycles. The average molecular weight is 278 g/mol. The maximum absolute atomic E-state index is 12.2. The predicted molar refractivity (Wildman–Crippen MR) is 68.0 cm³/mol. The van der Waals surface area contributed by atoms with E-state index in [1.807, 2.05) is 13.0 Å². The molecule has 2 aliphatic heterocycles. The Morgan fingerprint density at radius 3 is 3.10 bits per heavy atom. The summed E-state index contributed by atoms with van der Waals surface area (Å²) in [6.45, 7) is 2.90. The van der Waals surface area contributed by atoms with Crippen molar-refractivity contribution in [1.82, 2.24) is 5.32 Å². The van der Waals surface area contributed by atoms with Crippen LogP contribution in [0.4, 0.5) is 5.69 Å². The molecule has 2 heterocycles. The van der Waals surface area contributed by atoms with E-state index in [9.17, 15) is 10.0 Å². The molecule has 0 aliphatic carbocycles. The summed E-state index contributed by atoms with van der Waals surface area (Å²) in [6, 6.07) is 3.09. The second kappa shape index (κ2) is 4.88. The number of hydroxylamine groups is 1. The second-order valence-electron chi connectivity index (χ2n) is 4.64. The lowest BCUT2D eigenvalue weighted by Gasteiger charge is -2.31. The highest BCUT2D eigenvalue weighted by Gasteiger charge is 2.33. The number of fused-ring (bicyclic) bond motifs is 2. The molecule has 3 rings (SSSR count). The molecule has 2 atom stereocenters. The van der Waals surface area contributed by atoms with Crippen molar-refractivity contribution in [2.24, 2.45) is 0 Å². The Hall–Kier alpha value is -1.93. The van der Waals surface area contributed by atoms with Gasteiger partial charge in [-0.1, -0.05) is 6.92 Å². The lowest BCUT2D eigenvalue weighted by atomic mass is 9.96. The van der Waals surface area contributed by atoms with Gasteiger partial charge in [0.25, 0.3) is 0 Å². The van der Waals surface area contributed by atoms with Gasteiger partial charge >= 0.3 is 5.97 Å². The Labute approximate surface area is 114 Å². The van der Waals surface area contributed by atoms with Crippen LogP contribution in [-0.4, -0.2) is 17.6 Å². The van der Waals surface area contributed by atoms with E-state index in [-0.39, 0.29) is 11.7 Å². The first kappa shape index (κ1) is 13.1. The van der Waals surface area contributed by atoms with Crippen molar-refractivity contribution in [3.05, 3.63) is 40.2 Å². The molecule has 1 aromatic rings. The minimum Gasteiger partial charge on any atom is -0.623 e. The van der Waals surface area contributed by atoms with Crippen LogP contribution in [0.15, 0.2) is 23.9 Å². The van der Waals surface area contributed by atoms with Crippen LogP contribution >= 0.6 is 0 Å². The third-order valence-corrected chi connectivity index (χ3v) is 3.41. The van der Waals surface area contributed by atoms with E-state index >= 15 is 0 Å². The minimum atomic E-state index is -1.22. The maximum Gasteiger partial charge on any atom is 0.390 e. The third-order valence-electron chi connectivity index (χ3n) is 3.41. The predicted octanol–water partition coefficient (Wildman–Crippen LogP) is 0.158. The van der Waals surface area contributed by atoms with E-state index < -0.39 is 11.0 Å². The van der Waals surface area contributed by atoms with Crippen molar-refractivity contribution in [3.63, 3.8) is 0 Å². The van der Waals surface area contributed by atoms with Crippen LogP contribution in [0.1, 0.15) is 24.1 Å². The van der Waals surface area contributed by atoms with Crippen LogP contribution in [0.25, 0.3) is 0 Å². The fourth-order valence-electron chi connectivity index (χ4n) is 2.48. The number of carboxylic acids is 1. The van der Waals surface area contributed by atoms with Gasteiger partial charge in [0.2, 0.25) is 5.70 Å². The van der Waals surface area contributed by atoms with Crippen molar-refractivity contribution in [2.75, 3.05) is 6.54 Å². The molecular weight excluding hydrogens is 264 g/mol. The molecule has 0 saturated heterocycles. The summed E-state index contributed by atoms with van der Waals surface area (Å²) >= 11 is 0. The number of benzene rings is 1. The summed E-state index contributed by atoms with van der Waals surface area (Å²) in [7, 11) is 0. The molecule has 7 nitrogen and oxygen atoms in total. The first-order valence-corrected chi connectivity index (χ1v) is 6.31. The first-order valence-electron chi connectivity index (χ1n) is 6.31. The SMILES string of the molecule is CCNC1C=C(C(=O)O)[NH+]([O-])c2cc3c(cc21)COO3. The van der Waals surface area contributed by atoms with Gasteiger partial charge < -0.3 is 25.6 Å². The van der Waals surface area contributed by atoms with Crippen LogP contribution in [0.2, 0.25) is 0 Å². The molecule has 2 aliphatic rings. The monoisotopic (exact) mass is 278 g/mol.